The first-order valence-electron chi connectivity index (χ1n) is 8.62. The molecule has 0 spiro atoms. The zero-order chi connectivity index (χ0) is 16.2. The lowest BCUT2D eigenvalue weighted by Crippen LogP contribution is -2.29. The van der Waals surface area contributed by atoms with Crippen molar-refractivity contribution < 1.29 is 0 Å². The molecular weight excluding hydrogens is 280 g/mol. The van der Waals surface area contributed by atoms with Crippen molar-refractivity contribution in [3.05, 3.63) is 60.7 Å². The fourth-order valence-corrected chi connectivity index (χ4v) is 3.42. The molecule has 1 unspecified atom stereocenters. The quantitative estimate of drug-likeness (QED) is 0.607. The summed E-state index contributed by atoms with van der Waals surface area (Å²) in [6, 6.07) is 22.2. The maximum Gasteiger partial charge on any atom is 0.0494 e. The van der Waals surface area contributed by atoms with Gasteiger partial charge in [0, 0.05) is 29.2 Å². The Kier molecular flexibility index (Phi) is 4.82. The van der Waals surface area contributed by atoms with Crippen molar-refractivity contribution in [1.29, 1.82) is 0 Å². The number of likely N-dealkylation sites (N-methyl/N-ethyl adjacent to an activating group) is 1. The summed E-state index contributed by atoms with van der Waals surface area (Å²) in [5.74, 6) is 0. The van der Waals surface area contributed by atoms with Crippen LogP contribution < -0.4 is 0 Å². The molecule has 0 fully saturated rings. The van der Waals surface area contributed by atoms with Crippen molar-refractivity contribution in [2.75, 3.05) is 19.6 Å². The SMILES string of the molecule is CCN(CC)CC(C)n1c(-c2ccccc2)cc2ccccc21. The van der Waals surface area contributed by atoms with E-state index in [2.05, 4.69) is 90.9 Å². The second kappa shape index (κ2) is 7.01. The van der Waals surface area contributed by atoms with Gasteiger partial charge in [0.15, 0.2) is 0 Å². The van der Waals surface area contributed by atoms with E-state index in [0.29, 0.717) is 6.04 Å². The molecule has 0 radical (unpaired) electrons. The average Bonchev–Trinajstić information content (AvgIpc) is 3.00. The molecule has 0 aliphatic rings. The topological polar surface area (TPSA) is 8.17 Å². The van der Waals surface area contributed by atoms with Crippen LogP contribution in [0.3, 0.4) is 0 Å². The minimum absolute atomic E-state index is 0.435. The molecule has 1 atom stereocenters. The van der Waals surface area contributed by atoms with Crippen molar-refractivity contribution in [2.45, 2.75) is 26.8 Å². The van der Waals surface area contributed by atoms with Crippen LogP contribution in [0.1, 0.15) is 26.8 Å². The lowest BCUT2D eigenvalue weighted by Gasteiger charge is -2.26. The molecule has 0 bridgehead atoms. The number of nitrogens with zero attached hydrogens (tertiary/aromatic N) is 2. The minimum Gasteiger partial charge on any atom is -0.336 e. The molecule has 2 heteroatoms. The molecule has 120 valence electrons. The van der Waals surface area contributed by atoms with Gasteiger partial charge in [0.05, 0.1) is 0 Å². The number of rotatable bonds is 6. The van der Waals surface area contributed by atoms with Crippen molar-refractivity contribution >= 4 is 10.9 Å². The summed E-state index contributed by atoms with van der Waals surface area (Å²) in [4.78, 5) is 2.49. The van der Waals surface area contributed by atoms with Crippen LogP contribution in [-0.2, 0) is 0 Å². The first-order chi connectivity index (χ1) is 11.2. The Bertz CT molecular complexity index is 754. The Morgan fingerprint density at radius 1 is 0.913 bits per heavy atom. The van der Waals surface area contributed by atoms with Gasteiger partial charge in [0.1, 0.15) is 0 Å². The third-order valence-electron chi connectivity index (χ3n) is 4.68. The highest BCUT2D eigenvalue weighted by Gasteiger charge is 2.16. The van der Waals surface area contributed by atoms with Gasteiger partial charge < -0.3 is 9.47 Å². The van der Waals surface area contributed by atoms with Crippen molar-refractivity contribution in [2.24, 2.45) is 0 Å². The fraction of sp³-hybridized carbons (Fsp3) is 0.333. The maximum absolute atomic E-state index is 2.50. The molecule has 0 amide bonds. The zero-order valence-corrected chi connectivity index (χ0v) is 14.4. The van der Waals surface area contributed by atoms with E-state index in [9.17, 15) is 0 Å². The van der Waals surface area contributed by atoms with Crippen LogP contribution in [0.25, 0.3) is 22.2 Å². The highest BCUT2D eigenvalue weighted by atomic mass is 15.2. The maximum atomic E-state index is 2.50. The van der Waals surface area contributed by atoms with E-state index < -0.39 is 0 Å². The molecule has 0 N–H and O–H groups in total. The number of para-hydroxylation sites is 1. The van der Waals surface area contributed by atoms with Crippen LogP contribution in [0, 0.1) is 0 Å². The molecule has 23 heavy (non-hydrogen) atoms. The van der Waals surface area contributed by atoms with E-state index in [-0.39, 0.29) is 0 Å². The predicted molar refractivity (Wildman–Crippen MR) is 99.9 cm³/mol. The van der Waals surface area contributed by atoms with Gasteiger partial charge >= 0.3 is 0 Å². The van der Waals surface area contributed by atoms with Crippen molar-refractivity contribution in [3.8, 4) is 11.3 Å². The third kappa shape index (κ3) is 3.18. The van der Waals surface area contributed by atoms with E-state index in [4.69, 9.17) is 0 Å². The van der Waals surface area contributed by atoms with Gasteiger partial charge in [-0.15, -0.1) is 0 Å². The smallest absolute Gasteiger partial charge is 0.0494 e. The number of hydrogen-bond acceptors (Lipinski definition) is 1. The summed E-state index contributed by atoms with van der Waals surface area (Å²) in [6.45, 7) is 10.1. The molecule has 0 saturated heterocycles. The van der Waals surface area contributed by atoms with Gasteiger partial charge in [-0.25, -0.2) is 0 Å². The van der Waals surface area contributed by atoms with Gasteiger partial charge in [-0.1, -0.05) is 62.4 Å². The van der Waals surface area contributed by atoms with Crippen LogP contribution in [0.5, 0.6) is 0 Å². The number of hydrogen-bond donors (Lipinski definition) is 0. The number of fused-ring (bicyclic) bond motifs is 1. The van der Waals surface area contributed by atoms with Gasteiger partial charge in [-0.2, -0.15) is 0 Å². The Labute approximate surface area is 139 Å². The Balaban J connectivity index is 2.10. The third-order valence-corrected chi connectivity index (χ3v) is 4.68. The number of benzene rings is 2. The van der Waals surface area contributed by atoms with Crippen LogP contribution >= 0.6 is 0 Å². The van der Waals surface area contributed by atoms with Crippen molar-refractivity contribution in [3.63, 3.8) is 0 Å². The molecule has 1 aromatic heterocycles. The lowest BCUT2D eigenvalue weighted by atomic mass is 10.1. The summed E-state index contributed by atoms with van der Waals surface area (Å²) >= 11 is 0. The summed E-state index contributed by atoms with van der Waals surface area (Å²) in [6.07, 6.45) is 0. The molecule has 3 rings (SSSR count). The molecule has 0 aliphatic heterocycles. The van der Waals surface area contributed by atoms with E-state index in [1.165, 1.54) is 22.2 Å². The van der Waals surface area contributed by atoms with E-state index in [1.807, 2.05) is 0 Å². The molecular formula is C21H26N2. The summed E-state index contributed by atoms with van der Waals surface area (Å²) in [5.41, 5.74) is 3.92. The molecule has 1 heterocycles. The lowest BCUT2D eigenvalue weighted by molar-refractivity contribution is 0.264. The average molecular weight is 306 g/mol. The van der Waals surface area contributed by atoms with Gasteiger partial charge in [-0.3, -0.25) is 0 Å². The molecule has 2 nitrogen and oxygen atoms in total. The van der Waals surface area contributed by atoms with E-state index in [1.54, 1.807) is 0 Å². The van der Waals surface area contributed by atoms with Crippen LogP contribution in [0.15, 0.2) is 60.7 Å². The highest BCUT2D eigenvalue weighted by molar-refractivity contribution is 5.87. The summed E-state index contributed by atoms with van der Waals surface area (Å²) in [5, 5.41) is 1.32. The largest absolute Gasteiger partial charge is 0.336 e. The predicted octanol–water partition coefficient (Wildman–Crippen LogP) is 5.21. The number of aromatic nitrogens is 1. The standard InChI is InChI=1S/C21H26N2/c1-4-22(5-2)16-17(3)23-20-14-10-9-13-19(20)15-21(23)18-11-7-6-8-12-18/h6-15,17H,4-5,16H2,1-3H3. The highest BCUT2D eigenvalue weighted by Crippen LogP contribution is 2.31. The van der Waals surface area contributed by atoms with Crippen molar-refractivity contribution in [1.82, 2.24) is 9.47 Å². The Hall–Kier alpha value is -2.06. The fourth-order valence-electron chi connectivity index (χ4n) is 3.42. The van der Waals surface area contributed by atoms with Gasteiger partial charge in [0.25, 0.3) is 0 Å². The van der Waals surface area contributed by atoms with Gasteiger partial charge in [-0.05, 0) is 37.7 Å². The monoisotopic (exact) mass is 306 g/mol. The zero-order valence-electron chi connectivity index (χ0n) is 14.4. The van der Waals surface area contributed by atoms with Crippen LogP contribution in [-0.4, -0.2) is 29.1 Å². The second-order valence-electron chi connectivity index (χ2n) is 6.16. The Morgan fingerprint density at radius 3 is 2.26 bits per heavy atom. The normalized spacial score (nSPS) is 12.9. The Morgan fingerprint density at radius 2 is 1.57 bits per heavy atom. The van der Waals surface area contributed by atoms with E-state index in [0.717, 1.165) is 19.6 Å². The van der Waals surface area contributed by atoms with Crippen LogP contribution in [0.2, 0.25) is 0 Å². The second-order valence-corrected chi connectivity index (χ2v) is 6.16. The first kappa shape index (κ1) is 15.8. The van der Waals surface area contributed by atoms with Crippen LogP contribution in [0.4, 0.5) is 0 Å². The molecule has 3 aromatic rings. The summed E-state index contributed by atoms with van der Waals surface area (Å²) < 4.78 is 2.50. The van der Waals surface area contributed by atoms with Gasteiger partial charge in [0.2, 0.25) is 0 Å². The minimum atomic E-state index is 0.435. The molecule has 0 saturated carbocycles. The molecule has 0 aliphatic carbocycles. The van der Waals surface area contributed by atoms with E-state index >= 15 is 0 Å². The first-order valence-corrected chi connectivity index (χ1v) is 8.62. The molecule has 2 aromatic carbocycles. The summed E-state index contributed by atoms with van der Waals surface area (Å²) in [7, 11) is 0.